The smallest absolute Gasteiger partial charge is 0.259 e. The maximum atomic E-state index is 13.7. The van der Waals surface area contributed by atoms with Crippen molar-refractivity contribution in [3.05, 3.63) is 89.7 Å². The minimum atomic E-state index is -0.00708. The van der Waals surface area contributed by atoms with E-state index in [0.29, 0.717) is 41.1 Å². The van der Waals surface area contributed by atoms with Gasteiger partial charge >= 0.3 is 0 Å². The van der Waals surface area contributed by atoms with E-state index in [9.17, 15) is 4.79 Å². The number of rotatable bonds is 4. The number of aromatic nitrogens is 3. The molecule has 2 aromatic carbocycles. The van der Waals surface area contributed by atoms with E-state index in [1.807, 2.05) is 60.5 Å². The number of para-hydroxylation sites is 1. The van der Waals surface area contributed by atoms with Crippen molar-refractivity contribution in [2.24, 2.45) is 0 Å². The quantitative estimate of drug-likeness (QED) is 0.384. The lowest BCUT2D eigenvalue weighted by Crippen LogP contribution is -2.48. The SMILES string of the molecule is Cc1noc2nc(-c3ccccc3)cc(C(=O)N3CCN(Cc4cccc5cccnc45)CC3)c12. The lowest BCUT2D eigenvalue weighted by molar-refractivity contribution is 0.0630. The molecule has 1 amide bonds. The van der Waals surface area contributed by atoms with E-state index in [-0.39, 0.29) is 5.91 Å². The maximum absolute atomic E-state index is 13.7. The Kier molecular flexibility index (Phi) is 5.47. The molecule has 0 saturated carbocycles. The number of hydrogen-bond donors (Lipinski definition) is 0. The molecule has 35 heavy (non-hydrogen) atoms. The minimum absolute atomic E-state index is 0.00708. The number of benzene rings is 2. The molecular weight excluding hydrogens is 438 g/mol. The van der Waals surface area contributed by atoms with Crippen LogP contribution in [0.3, 0.4) is 0 Å². The second-order valence-electron chi connectivity index (χ2n) is 8.93. The Morgan fingerprint density at radius 3 is 2.60 bits per heavy atom. The molecule has 0 unspecified atom stereocenters. The molecule has 1 aliphatic rings. The van der Waals surface area contributed by atoms with E-state index < -0.39 is 0 Å². The summed E-state index contributed by atoms with van der Waals surface area (Å²) in [6.07, 6.45) is 1.84. The second kappa shape index (κ2) is 8.92. The average molecular weight is 464 g/mol. The fraction of sp³-hybridized carbons (Fsp3) is 0.214. The lowest BCUT2D eigenvalue weighted by Gasteiger charge is -2.35. The molecule has 7 heteroatoms. The molecule has 0 N–H and O–H groups in total. The number of piperazine rings is 1. The number of fused-ring (bicyclic) bond motifs is 2. The number of pyridine rings is 2. The molecule has 1 saturated heterocycles. The molecule has 0 radical (unpaired) electrons. The van der Waals surface area contributed by atoms with Gasteiger partial charge in [0.1, 0.15) is 0 Å². The zero-order valence-corrected chi connectivity index (χ0v) is 19.5. The Bertz CT molecular complexity index is 1520. The van der Waals surface area contributed by atoms with Gasteiger partial charge in [-0.25, -0.2) is 4.98 Å². The van der Waals surface area contributed by atoms with Crippen molar-refractivity contribution in [2.45, 2.75) is 13.5 Å². The third-order valence-corrected chi connectivity index (χ3v) is 6.69. The molecule has 0 spiro atoms. The number of carbonyl (C=O) groups excluding carboxylic acids is 1. The van der Waals surface area contributed by atoms with Crippen LogP contribution in [0.15, 0.2) is 77.4 Å². The van der Waals surface area contributed by atoms with Crippen molar-refractivity contribution in [3.8, 4) is 11.3 Å². The van der Waals surface area contributed by atoms with E-state index in [1.165, 1.54) is 5.56 Å². The van der Waals surface area contributed by atoms with Crippen molar-refractivity contribution in [3.63, 3.8) is 0 Å². The summed E-state index contributed by atoms with van der Waals surface area (Å²) >= 11 is 0. The number of aryl methyl sites for hydroxylation is 1. The van der Waals surface area contributed by atoms with Gasteiger partial charge in [0.2, 0.25) is 0 Å². The highest BCUT2D eigenvalue weighted by atomic mass is 16.5. The van der Waals surface area contributed by atoms with Crippen molar-refractivity contribution < 1.29 is 9.32 Å². The van der Waals surface area contributed by atoms with Gasteiger partial charge < -0.3 is 9.42 Å². The van der Waals surface area contributed by atoms with E-state index >= 15 is 0 Å². The first kappa shape index (κ1) is 21.4. The molecule has 6 rings (SSSR count). The summed E-state index contributed by atoms with van der Waals surface area (Å²) in [7, 11) is 0. The van der Waals surface area contributed by atoms with Gasteiger partial charge in [0, 0.05) is 49.9 Å². The highest BCUT2D eigenvalue weighted by Crippen LogP contribution is 2.28. The first-order valence-corrected chi connectivity index (χ1v) is 11.8. The van der Waals surface area contributed by atoms with Crippen LogP contribution in [0.2, 0.25) is 0 Å². The summed E-state index contributed by atoms with van der Waals surface area (Å²) in [5.74, 6) is -0.00708. The van der Waals surface area contributed by atoms with E-state index in [2.05, 4.69) is 44.3 Å². The predicted molar refractivity (Wildman–Crippen MR) is 135 cm³/mol. The van der Waals surface area contributed by atoms with Crippen LogP contribution in [0.25, 0.3) is 33.3 Å². The van der Waals surface area contributed by atoms with Gasteiger partial charge in [-0.1, -0.05) is 59.8 Å². The Hall–Kier alpha value is -4.10. The van der Waals surface area contributed by atoms with Crippen molar-refractivity contribution in [1.82, 2.24) is 24.9 Å². The molecule has 4 heterocycles. The highest BCUT2D eigenvalue weighted by Gasteiger charge is 2.26. The summed E-state index contributed by atoms with van der Waals surface area (Å²) < 4.78 is 5.46. The molecule has 7 nitrogen and oxygen atoms in total. The van der Waals surface area contributed by atoms with Crippen LogP contribution in [0.5, 0.6) is 0 Å². The first-order chi connectivity index (χ1) is 17.2. The standard InChI is InChI=1S/C28H25N5O2/c1-19-25-23(17-24(30-27(25)35-31-19)20-7-3-2-4-8-20)28(34)33-15-13-32(14-16-33)18-22-10-5-9-21-11-6-12-29-26(21)22/h2-12,17H,13-16,18H2,1H3. The van der Waals surface area contributed by atoms with Gasteiger partial charge in [-0.2, -0.15) is 0 Å². The summed E-state index contributed by atoms with van der Waals surface area (Å²) in [5, 5.41) is 5.93. The topological polar surface area (TPSA) is 75.4 Å². The largest absolute Gasteiger partial charge is 0.336 e. The summed E-state index contributed by atoms with van der Waals surface area (Å²) in [5.41, 5.74) is 5.58. The number of amides is 1. The zero-order valence-electron chi connectivity index (χ0n) is 19.5. The minimum Gasteiger partial charge on any atom is -0.336 e. The lowest BCUT2D eigenvalue weighted by atomic mass is 10.0. The number of nitrogens with zero attached hydrogens (tertiary/aromatic N) is 5. The van der Waals surface area contributed by atoms with Crippen molar-refractivity contribution in [1.29, 1.82) is 0 Å². The van der Waals surface area contributed by atoms with Gasteiger partial charge in [0.25, 0.3) is 11.6 Å². The number of carbonyl (C=O) groups is 1. The monoisotopic (exact) mass is 463 g/mol. The Morgan fingerprint density at radius 1 is 0.971 bits per heavy atom. The zero-order chi connectivity index (χ0) is 23.8. The van der Waals surface area contributed by atoms with Gasteiger partial charge in [-0.05, 0) is 24.6 Å². The molecule has 3 aromatic heterocycles. The molecule has 1 fully saturated rings. The van der Waals surface area contributed by atoms with E-state index in [0.717, 1.165) is 36.1 Å². The Labute approximate surface area is 203 Å². The summed E-state index contributed by atoms with van der Waals surface area (Å²) in [6, 6.07) is 22.1. The van der Waals surface area contributed by atoms with Crippen molar-refractivity contribution in [2.75, 3.05) is 26.2 Å². The van der Waals surface area contributed by atoms with Crippen LogP contribution in [0, 0.1) is 6.92 Å². The van der Waals surface area contributed by atoms with Gasteiger partial charge in [0.05, 0.1) is 27.9 Å². The van der Waals surface area contributed by atoms with Crippen LogP contribution >= 0.6 is 0 Å². The van der Waals surface area contributed by atoms with Crippen LogP contribution in [-0.4, -0.2) is 57.0 Å². The first-order valence-electron chi connectivity index (χ1n) is 11.8. The molecule has 174 valence electrons. The average Bonchev–Trinajstić information content (AvgIpc) is 3.29. The number of hydrogen-bond acceptors (Lipinski definition) is 6. The molecule has 0 bridgehead atoms. The molecule has 5 aromatic rings. The second-order valence-corrected chi connectivity index (χ2v) is 8.93. The Morgan fingerprint density at radius 2 is 1.77 bits per heavy atom. The molecule has 1 aliphatic heterocycles. The van der Waals surface area contributed by atoms with Crippen molar-refractivity contribution >= 4 is 27.9 Å². The highest BCUT2D eigenvalue weighted by molar-refractivity contribution is 6.07. The van der Waals surface area contributed by atoms with Gasteiger partial charge in [-0.3, -0.25) is 14.7 Å². The molecular formula is C28H25N5O2. The van der Waals surface area contributed by atoms with Gasteiger partial charge in [0.15, 0.2) is 0 Å². The predicted octanol–water partition coefficient (Wildman–Crippen LogP) is 4.70. The summed E-state index contributed by atoms with van der Waals surface area (Å²) in [6.45, 7) is 5.59. The van der Waals surface area contributed by atoms with Crippen LogP contribution in [-0.2, 0) is 6.54 Å². The molecule has 0 aliphatic carbocycles. The van der Waals surface area contributed by atoms with E-state index in [1.54, 1.807) is 0 Å². The molecule has 0 atom stereocenters. The van der Waals surface area contributed by atoms with Crippen LogP contribution < -0.4 is 0 Å². The fourth-order valence-electron chi connectivity index (χ4n) is 4.84. The van der Waals surface area contributed by atoms with Crippen LogP contribution in [0.4, 0.5) is 0 Å². The van der Waals surface area contributed by atoms with Crippen LogP contribution in [0.1, 0.15) is 21.6 Å². The normalized spacial score (nSPS) is 14.6. The Balaban J connectivity index is 1.23. The fourth-order valence-corrected chi connectivity index (χ4v) is 4.84. The van der Waals surface area contributed by atoms with E-state index in [4.69, 9.17) is 4.52 Å². The maximum Gasteiger partial charge on any atom is 0.259 e. The van der Waals surface area contributed by atoms with Gasteiger partial charge in [-0.15, -0.1) is 0 Å². The summed E-state index contributed by atoms with van der Waals surface area (Å²) in [4.78, 5) is 27.2. The third-order valence-electron chi connectivity index (χ3n) is 6.69. The third kappa shape index (κ3) is 4.04.